The van der Waals surface area contributed by atoms with E-state index in [2.05, 4.69) is 5.32 Å². The first-order valence-corrected chi connectivity index (χ1v) is 8.30. The number of para-hydroxylation sites is 1. The van der Waals surface area contributed by atoms with Crippen LogP contribution >= 0.6 is 23.2 Å². The topological polar surface area (TPSA) is 64.6 Å². The lowest BCUT2D eigenvalue weighted by molar-refractivity contribution is -0.154. The number of nitrogens with one attached hydrogen (secondary N) is 1. The van der Waals surface area contributed by atoms with Gasteiger partial charge in [0.2, 0.25) is 0 Å². The number of hydrogen-bond acceptors (Lipinski definition) is 4. The van der Waals surface area contributed by atoms with E-state index in [4.69, 9.17) is 32.7 Å². The molecular weight excluding hydrogens is 365 g/mol. The van der Waals surface area contributed by atoms with E-state index in [1.54, 1.807) is 49.4 Å². The van der Waals surface area contributed by atoms with Crippen LogP contribution < -0.4 is 10.1 Å². The van der Waals surface area contributed by atoms with Gasteiger partial charge in [-0.05, 0) is 36.8 Å². The first kappa shape index (κ1) is 19.1. The normalized spacial score (nSPS) is 11.5. The van der Waals surface area contributed by atoms with Gasteiger partial charge < -0.3 is 14.8 Å². The predicted molar refractivity (Wildman–Crippen MR) is 95.8 cm³/mol. The molecule has 1 amide bonds. The zero-order chi connectivity index (χ0) is 18.2. The summed E-state index contributed by atoms with van der Waals surface area (Å²) in [5.74, 6) is -0.511. The van der Waals surface area contributed by atoms with Crippen LogP contribution in [0, 0.1) is 0 Å². The van der Waals surface area contributed by atoms with Crippen LogP contribution in [0.25, 0.3) is 0 Å². The number of carbonyl (C=O) groups is 2. The number of halogens is 2. The largest absolute Gasteiger partial charge is 0.479 e. The third-order valence-corrected chi connectivity index (χ3v) is 3.81. The van der Waals surface area contributed by atoms with Crippen LogP contribution in [0.1, 0.15) is 12.5 Å². The van der Waals surface area contributed by atoms with Crippen LogP contribution in [0.5, 0.6) is 5.75 Å². The van der Waals surface area contributed by atoms with Gasteiger partial charge in [-0.15, -0.1) is 0 Å². The smallest absolute Gasteiger partial charge is 0.347 e. The molecule has 0 unspecified atom stereocenters. The highest BCUT2D eigenvalue weighted by molar-refractivity contribution is 6.35. The third kappa shape index (κ3) is 6.29. The average Bonchev–Trinajstić information content (AvgIpc) is 2.59. The number of esters is 1. The third-order valence-electron chi connectivity index (χ3n) is 3.22. The first-order chi connectivity index (χ1) is 12.0. The maximum atomic E-state index is 11.9. The molecule has 0 aliphatic heterocycles. The molecule has 0 aromatic heterocycles. The van der Waals surface area contributed by atoms with Crippen LogP contribution in [0.4, 0.5) is 0 Å². The van der Waals surface area contributed by atoms with E-state index in [-0.39, 0.29) is 6.54 Å². The molecule has 2 aromatic rings. The van der Waals surface area contributed by atoms with E-state index in [9.17, 15) is 9.59 Å². The quantitative estimate of drug-likeness (QED) is 0.743. The summed E-state index contributed by atoms with van der Waals surface area (Å²) in [7, 11) is 0. The zero-order valence-electron chi connectivity index (χ0n) is 13.5. The van der Waals surface area contributed by atoms with Crippen molar-refractivity contribution in [3.63, 3.8) is 0 Å². The van der Waals surface area contributed by atoms with Gasteiger partial charge in [0, 0.05) is 16.6 Å². The summed E-state index contributed by atoms with van der Waals surface area (Å²) in [5, 5.41) is 3.59. The number of carbonyl (C=O) groups excluding carboxylic acids is 2. The molecule has 0 aliphatic rings. The molecule has 0 heterocycles. The van der Waals surface area contributed by atoms with Crippen molar-refractivity contribution in [2.45, 2.75) is 19.6 Å². The predicted octanol–water partition coefficient (Wildman–Crippen LogP) is 3.62. The zero-order valence-corrected chi connectivity index (χ0v) is 15.0. The molecule has 25 heavy (non-hydrogen) atoms. The molecule has 0 spiro atoms. The molecule has 0 radical (unpaired) electrons. The molecule has 5 nitrogen and oxygen atoms in total. The Balaban J connectivity index is 1.74. The fourth-order valence-electron chi connectivity index (χ4n) is 1.92. The molecule has 1 N–H and O–H groups in total. The Morgan fingerprint density at radius 1 is 1.12 bits per heavy atom. The lowest BCUT2D eigenvalue weighted by atomic mass is 10.2. The highest BCUT2D eigenvalue weighted by Gasteiger charge is 2.17. The van der Waals surface area contributed by atoms with E-state index in [1.165, 1.54) is 0 Å². The number of hydrogen-bond donors (Lipinski definition) is 1. The number of benzene rings is 2. The van der Waals surface area contributed by atoms with E-state index < -0.39 is 24.6 Å². The summed E-state index contributed by atoms with van der Waals surface area (Å²) < 4.78 is 10.4. The summed E-state index contributed by atoms with van der Waals surface area (Å²) in [6.07, 6.45) is -0.819. The standard InChI is InChI=1S/C18H17Cl2NO4/c1-12(25-15-5-3-2-4-6-15)18(23)24-11-17(22)21-10-13-7-8-14(19)9-16(13)20/h2-9,12H,10-11H2,1H3,(H,21,22)/t12-/m1/s1. The minimum Gasteiger partial charge on any atom is -0.479 e. The molecule has 0 fully saturated rings. The Hall–Kier alpha value is -2.24. The van der Waals surface area contributed by atoms with Crippen molar-refractivity contribution in [3.8, 4) is 5.75 Å². The van der Waals surface area contributed by atoms with Gasteiger partial charge in [0.1, 0.15) is 5.75 Å². The lowest BCUT2D eigenvalue weighted by Crippen LogP contribution is -2.32. The average molecular weight is 382 g/mol. The van der Waals surface area contributed by atoms with Crippen molar-refractivity contribution in [3.05, 3.63) is 64.1 Å². The van der Waals surface area contributed by atoms with Crippen LogP contribution in [0.2, 0.25) is 10.0 Å². The second-order valence-electron chi connectivity index (χ2n) is 5.19. The van der Waals surface area contributed by atoms with Crippen LogP contribution in [-0.2, 0) is 20.9 Å². The van der Waals surface area contributed by atoms with Crippen molar-refractivity contribution in [2.75, 3.05) is 6.61 Å². The van der Waals surface area contributed by atoms with E-state index in [1.807, 2.05) is 6.07 Å². The fourth-order valence-corrected chi connectivity index (χ4v) is 2.39. The highest BCUT2D eigenvalue weighted by Crippen LogP contribution is 2.20. The SMILES string of the molecule is C[C@@H](Oc1ccccc1)C(=O)OCC(=O)NCc1ccc(Cl)cc1Cl. The Morgan fingerprint density at radius 2 is 1.84 bits per heavy atom. The molecule has 0 bridgehead atoms. The Morgan fingerprint density at radius 3 is 2.52 bits per heavy atom. The van der Waals surface area contributed by atoms with Gasteiger partial charge in [-0.25, -0.2) is 4.79 Å². The molecule has 0 aliphatic carbocycles. The number of rotatable bonds is 7. The van der Waals surface area contributed by atoms with Crippen molar-refractivity contribution < 1.29 is 19.1 Å². The van der Waals surface area contributed by atoms with Crippen molar-refractivity contribution in [1.82, 2.24) is 5.32 Å². The van der Waals surface area contributed by atoms with Crippen LogP contribution in [-0.4, -0.2) is 24.6 Å². The van der Waals surface area contributed by atoms with E-state index in [0.29, 0.717) is 21.4 Å². The Labute approximate surface area is 155 Å². The summed E-state index contributed by atoms with van der Waals surface area (Å²) in [6, 6.07) is 13.9. The molecular formula is C18H17Cl2NO4. The van der Waals surface area contributed by atoms with Gasteiger partial charge in [-0.1, -0.05) is 47.5 Å². The van der Waals surface area contributed by atoms with Crippen LogP contribution in [0.15, 0.2) is 48.5 Å². The second-order valence-corrected chi connectivity index (χ2v) is 6.04. The van der Waals surface area contributed by atoms with Gasteiger partial charge in [0.15, 0.2) is 12.7 Å². The molecule has 1 atom stereocenters. The summed E-state index contributed by atoms with van der Waals surface area (Å²) in [5.41, 5.74) is 0.714. The first-order valence-electron chi connectivity index (χ1n) is 7.54. The van der Waals surface area contributed by atoms with Gasteiger partial charge in [-0.2, -0.15) is 0 Å². The summed E-state index contributed by atoms with van der Waals surface area (Å²) >= 11 is 11.8. The summed E-state index contributed by atoms with van der Waals surface area (Å²) in [4.78, 5) is 23.6. The second kappa shape index (κ2) is 9.30. The molecule has 2 rings (SSSR count). The fraction of sp³-hybridized carbons (Fsp3) is 0.222. The molecule has 0 saturated carbocycles. The molecule has 2 aromatic carbocycles. The van der Waals surface area contributed by atoms with E-state index in [0.717, 1.165) is 0 Å². The maximum Gasteiger partial charge on any atom is 0.347 e. The summed E-state index contributed by atoms with van der Waals surface area (Å²) in [6.45, 7) is 1.37. The van der Waals surface area contributed by atoms with Crippen molar-refractivity contribution >= 4 is 35.1 Å². The molecule has 132 valence electrons. The number of ether oxygens (including phenoxy) is 2. The Bertz CT molecular complexity index is 737. The van der Waals surface area contributed by atoms with E-state index >= 15 is 0 Å². The monoisotopic (exact) mass is 381 g/mol. The van der Waals surface area contributed by atoms with Gasteiger partial charge >= 0.3 is 5.97 Å². The van der Waals surface area contributed by atoms with Gasteiger partial charge in [0.25, 0.3) is 5.91 Å². The molecule has 0 saturated heterocycles. The minimum atomic E-state index is -0.819. The van der Waals surface area contributed by atoms with Crippen molar-refractivity contribution in [1.29, 1.82) is 0 Å². The molecule has 7 heteroatoms. The van der Waals surface area contributed by atoms with Crippen LogP contribution in [0.3, 0.4) is 0 Å². The van der Waals surface area contributed by atoms with Crippen molar-refractivity contribution in [2.24, 2.45) is 0 Å². The highest BCUT2D eigenvalue weighted by atomic mass is 35.5. The van der Waals surface area contributed by atoms with Gasteiger partial charge in [0.05, 0.1) is 0 Å². The number of amides is 1. The maximum absolute atomic E-state index is 11.9. The van der Waals surface area contributed by atoms with Gasteiger partial charge in [-0.3, -0.25) is 4.79 Å². The Kier molecular flexibility index (Phi) is 7.10. The lowest BCUT2D eigenvalue weighted by Gasteiger charge is -2.14. The minimum absolute atomic E-state index is 0.211.